The van der Waals surface area contributed by atoms with Gasteiger partial charge in [0.1, 0.15) is 0 Å². The van der Waals surface area contributed by atoms with Gasteiger partial charge in [-0.05, 0) is 44.2 Å². The van der Waals surface area contributed by atoms with Crippen molar-refractivity contribution >= 4 is 21.7 Å². The number of carbonyl (C=O) groups excluding carboxylic acids is 1. The van der Waals surface area contributed by atoms with Crippen LogP contribution in [0.3, 0.4) is 0 Å². The molecule has 1 aliphatic heterocycles. The first kappa shape index (κ1) is 23.2. The second-order valence-electron chi connectivity index (χ2n) is 7.73. The average Bonchev–Trinajstić information content (AvgIpc) is 2.75. The van der Waals surface area contributed by atoms with Crippen molar-refractivity contribution < 1.29 is 17.9 Å². The number of sulfonamides is 1. The van der Waals surface area contributed by atoms with Crippen LogP contribution in [-0.4, -0.2) is 58.7 Å². The van der Waals surface area contributed by atoms with E-state index in [2.05, 4.69) is 51.4 Å². The minimum atomic E-state index is -3.58. The molecule has 3 rings (SSSR count). The third-order valence-corrected chi connectivity index (χ3v) is 6.69. The fourth-order valence-electron chi connectivity index (χ4n) is 3.39. The van der Waals surface area contributed by atoms with E-state index in [-0.39, 0.29) is 11.0 Å². The van der Waals surface area contributed by atoms with E-state index in [9.17, 15) is 13.2 Å². The van der Waals surface area contributed by atoms with Crippen LogP contribution < -0.4 is 15.4 Å². The van der Waals surface area contributed by atoms with E-state index >= 15 is 0 Å². The van der Waals surface area contributed by atoms with Crippen LogP contribution >= 0.6 is 0 Å². The normalized spacial score (nSPS) is 17.3. The Morgan fingerprint density at radius 3 is 2.61 bits per heavy atom. The van der Waals surface area contributed by atoms with E-state index in [1.54, 1.807) is 13.0 Å². The number of nitrogens with one attached hydrogen (secondary N) is 3. The van der Waals surface area contributed by atoms with Crippen molar-refractivity contribution in [2.45, 2.75) is 31.4 Å². The molecule has 9 heteroatoms. The van der Waals surface area contributed by atoms with Gasteiger partial charge in [0.25, 0.3) is 0 Å². The molecule has 0 spiro atoms. The first-order chi connectivity index (χ1) is 14.8. The van der Waals surface area contributed by atoms with Crippen LogP contribution in [0, 0.1) is 13.8 Å². The monoisotopic (exact) mass is 446 g/mol. The van der Waals surface area contributed by atoms with Crippen molar-refractivity contribution in [2.75, 3.05) is 38.6 Å². The van der Waals surface area contributed by atoms with Gasteiger partial charge >= 0.3 is 6.03 Å². The fourth-order valence-corrected chi connectivity index (χ4v) is 4.15. The van der Waals surface area contributed by atoms with Crippen LogP contribution in [0.1, 0.15) is 16.7 Å². The van der Waals surface area contributed by atoms with E-state index in [1.807, 2.05) is 0 Å². The second-order valence-corrected chi connectivity index (χ2v) is 9.62. The predicted molar refractivity (Wildman–Crippen MR) is 121 cm³/mol. The van der Waals surface area contributed by atoms with E-state index in [0.29, 0.717) is 18.8 Å². The first-order valence-electron chi connectivity index (χ1n) is 10.3. The third kappa shape index (κ3) is 6.51. The van der Waals surface area contributed by atoms with Gasteiger partial charge in [-0.1, -0.05) is 35.9 Å². The molecule has 1 aliphatic rings. The Labute approximate surface area is 184 Å². The molecule has 168 valence electrons. The summed E-state index contributed by atoms with van der Waals surface area (Å²) in [7, 11) is -2.24. The van der Waals surface area contributed by atoms with E-state index < -0.39 is 16.1 Å². The number of benzene rings is 2. The van der Waals surface area contributed by atoms with Crippen molar-refractivity contribution in [1.82, 2.24) is 14.9 Å². The molecule has 1 fully saturated rings. The number of hydrogen-bond acceptors (Lipinski definition) is 5. The standard InChI is InChI=1S/C22H30N4O4S/c1-16-4-7-18(8-5-16)14-26-10-11-30-19(15-26)13-24-22(27)25-21-12-20(9-6-17(21)2)31(28,29)23-3/h4-9,12,19,23H,10-11,13-15H2,1-3H3,(H2,24,25,27). The molecule has 2 aromatic carbocycles. The summed E-state index contributed by atoms with van der Waals surface area (Å²) >= 11 is 0. The number of hydrogen-bond donors (Lipinski definition) is 3. The molecule has 1 saturated heterocycles. The van der Waals surface area contributed by atoms with E-state index in [0.717, 1.165) is 25.2 Å². The molecular formula is C22H30N4O4S. The SMILES string of the molecule is CNS(=O)(=O)c1ccc(C)c(NC(=O)NCC2CN(Cc3ccc(C)cc3)CCO2)c1. The molecule has 0 aromatic heterocycles. The molecule has 8 nitrogen and oxygen atoms in total. The second kappa shape index (κ2) is 10.2. The quantitative estimate of drug-likeness (QED) is 0.606. The summed E-state index contributed by atoms with van der Waals surface area (Å²) in [6, 6.07) is 12.7. The van der Waals surface area contributed by atoms with Gasteiger partial charge in [-0.25, -0.2) is 17.9 Å². The Hall–Kier alpha value is -2.46. The highest BCUT2D eigenvalue weighted by Crippen LogP contribution is 2.20. The van der Waals surface area contributed by atoms with Crippen LogP contribution in [0.2, 0.25) is 0 Å². The maximum absolute atomic E-state index is 12.4. The van der Waals surface area contributed by atoms with Crippen molar-refractivity contribution in [3.63, 3.8) is 0 Å². The molecule has 1 unspecified atom stereocenters. The highest BCUT2D eigenvalue weighted by atomic mass is 32.2. The molecule has 0 radical (unpaired) electrons. The van der Waals surface area contributed by atoms with Gasteiger partial charge in [-0.15, -0.1) is 0 Å². The van der Waals surface area contributed by atoms with Crippen LogP contribution in [0.4, 0.5) is 10.5 Å². The largest absolute Gasteiger partial charge is 0.374 e. The molecule has 0 saturated carbocycles. The number of morpholine rings is 1. The number of urea groups is 1. The highest BCUT2D eigenvalue weighted by molar-refractivity contribution is 7.89. The molecular weight excluding hydrogens is 416 g/mol. The highest BCUT2D eigenvalue weighted by Gasteiger charge is 2.21. The Morgan fingerprint density at radius 2 is 1.90 bits per heavy atom. The number of amides is 2. The van der Waals surface area contributed by atoms with Gasteiger partial charge < -0.3 is 15.4 Å². The maximum Gasteiger partial charge on any atom is 0.319 e. The minimum Gasteiger partial charge on any atom is -0.374 e. The molecule has 0 bridgehead atoms. The van der Waals surface area contributed by atoms with E-state index in [1.165, 1.54) is 30.3 Å². The van der Waals surface area contributed by atoms with Crippen molar-refractivity contribution in [3.8, 4) is 0 Å². The fraction of sp³-hybridized carbons (Fsp3) is 0.409. The average molecular weight is 447 g/mol. The Morgan fingerprint density at radius 1 is 1.16 bits per heavy atom. The molecule has 1 heterocycles. The van der Waals surface area contributed by atoms with Crippen LogP contribution in [0.5, 0.6) is 0 Å². The van der Waals surface area contributed by atoms with Crippen molar-refractivity contribution in [1.29, 1.82) is 0 Å². The maximum atomic E-state index is 12.4. The summed E-state index contributed by atoms with van der Waals surface area (Å²) in [4.78, 5) is 14.8. The third-order valence-electron chi connectivity index (χ3n) is 5.28. The number of ether oxygens (including phenoxy) is 1. The summed E-state index contributed by atoms with van der Waals surface area (Å²) in [5, 5.41) is 5.56. The zero-order valence-corrected chi connectivity index (χ0v) is 19.0. The summed E-state index contributed by atoms with van der Waals surface area (Å²) < 4.78 is 32.1. The van der Waals surface area contributed by atoms with Gasteiger partial charge in [0.05, 0.1) is 17.6 Å². The lowest BCUT2D eigenvalue weighted by atomic mass is 10.1. The predicted octanol–water partition coefficient (Wildman–Crippen LogP) is 2.23. The number of rotatable bonds is 7. The Kier molecular flexibility index (Phi) is 7.66. The van der Waals surface area contributed by atoms with Gasteiger partial charge in [0.15, 0.2) is 0 Å². The number of carbonyl (C=O) groups is 1. The van der Waals surface area contributed by atoms with Gasteiger partial charge in [0, 0.05) is 31.9 Å². The summed E-state index contributed by atoms with van der Waals surface area (Å²) in [6.45, 7) is 7.28. The molecule has 2 amide bonds. The van der Waals surface area contributed by atoms with Crippen molar-refractivity contribution in [2.24, 2.45) is 0 Å². The molecule has 31 heavy (non-hydrogen) atoms. The van der Waals surface area contributed by atoms with Crippen LogP contribution in [-0.2, 0) is 21.3 Å². The minimum absolute atomic E-state index is 0.0956. The lowest BCUT2D eigenvalue weighted by Gasteiger charge is -2.33. The Bertz CT molecular complexity index is 1010. The van der Waals surface area contributed by atoms with Gasteiger partial charge in [-0.3, -0.25) is 4.90 Å². The lowest BCUT2D eigenvalue weighted by Crippen LogP contribution is -2.47. The van der Waals surface area contributed by atoms with Crippen LogP contribution in [0.25, 0.3) is 0 Å². The molecule has 2 aromatic rings. The molecule has 3 N–H and O–H groups in total. The first-order valence-corrected chi connectivity index (χ1v) is 11.7. The zero-order valence-electron chi connectivity index (χ0n) is 18.1. The smallest absolute Gasteiger partial charge is 0.319 e. The number of nitrogens with zero attached hydrogens (tertiary/aromatic N) is 1. The summed E-state index contributed by atoms with van der Waals surface area (Å²) in [5.41, 5.74) is 3.70. The number of aryl methyl sites for hydroxylation is 2. The topological polar surface area (TPSA) is 99.8 Å². The molecule has 0 aliphatic carbocycles. The van der Waals surface area contributed by atoms with Gasteiger partial charge in [-0.2, -0.15) is 0 Å². The summed E-state index contributed by atoms with van der Waals surface area (Å²) in [5.74, 6) is 0. The van der Waals surface area contributed by atoms with Gasteiger partial charge in [0.2, 0.25) is 10.0 Å². The zero-order chi connectivity index (χ0) is 22.4. The number of anilines is 1. The molecule has 1 atom stereocenters. The van der Waals surface area contributed by atoms with Crippen molar-refractivity contribution in [3.05, 3.63) is 59.2 Å². The summed E-state index contributed by atoms with van der Waals surface area (Å²) in [6.07, 6.45) is -0.109. The van der Waals surface area contributed by atoms with E-state index in [4.69, 9.17) is 4.74 Å². The Balaban J connectivity index is 1.52. The van der Waals surface area contributed by atoms with Crippen LogP contribution in [0.15, 0.2) is 47.4 Å². The lowest BCUT2D eigenvalue weighted by molar-refractivity contribution is -0.0285.